The SMILES string of the molecule is CC(C)CC(CCO)C(=O)OC(C)C. The second kappa shape index (κ2) is 6.82. The Morgan fingerprint density at radius 2 is 1.86 bits per heavy atom. The van der Waals surface area contributed by atoms with Crippen LogP contribution in [-0.4, -0.2) is 23.8 Å². The van der Waals surface area contributed by atoms with Gasteiger partial charge in [0.1, 0.15) is 0 Å². The number of hydrogen-bond donors (Lipinski definition) is 1. The Morgan fingerprint density at radius 1 is 1.29 bits per heavy atom. The molecule has 0 aliphatic heterocycles. The van der Waals surface area contributed by atoms with Crippen molar-refractivity contribution in [1.29, 1.82) is 0 Å². The molecule has 0 amide bonds. The van der Waals surface area contributed by atoms with Crippen LogP contribution in [0.5, 0.6) is 0 Å². The van der Waals surface area contributed by atoms with Crippen molar-refractivity contribution in [2.24, 2.45) is 11.8 Å². The van der Waals surface area contributed by atoms with E-state index < -0.39 is 0 Å². The fourth-order valence-corrected chi connectivity index (χ4v) is 1.39. The highest BCUT2D eigenvalue weighted by Crippen LogP contribution is 2.17. The minimum Gasteiger partial charge on any atom is -0.463 e. The van der Waals surface area contributed by atoms with Gasteiger partial charge in [0.15, 0.2) is 0 Å². The Balaban J connectivity index is 4.10. The van der Waals surface area contributed by atoms with E-state index in [1.165, 1.54) is 0 Å². The smallest absolute Gasteiger partial charge is 0.309 e. The molecule has 3 heteroatoms. The van der Waals surface area contributed by atoms with Gasteiger partial charge in [0.2, 0.25) is 0 Å². The van der Waals surface area contributed by atoms with Crippen molar-refractivity contribution in [3.63, 3.8) is 0 Å². The topological polar surface area (TPSA) is 46.5 Å². The van der Waals surface area contributed by atoms with Crippen molar-refractivity contribution in [1.82, 2.24) is 0 Å². The maximum Gasteiger partial charge on any atom is 0.309 e. The lowest BCUT2D eigenvalue weighted by Gasteiger charge is -2.18. The summed E-state index contributed by atoms with van der Waals surface area (Å²) in [6, 6.07) is 0. The van der Waals surface area contributed by atoms with E-state index in [2.05, 4.69) is 13.8 Å². The van der Waals surface area contributed by atoms with E-state index >= 15 is 0 Å². The second-order valence-electron chi connectivity index (χ2n) is 4.32. The lowest BCUT2D eigenvalue weighted by atomic mass is 9.94. The fourth-order valence-electron chi connectivity index (χ4n) is 1.39. The van der Waals surface area contributed by atoms with Crippen molar-refractivity contribution in [2.45, 2.75) is 46.6 Å². The Morgan fingerprint density at radius 3 is 2.21 bits per heavy atom. The summed E-state index contributed by atoms with van der Waals surface area (Å²) >= 11 is 0. The summed E-state index contributed by atoms with van der Waals surface area (Å²) in [4.78, 5) is 11.5. The van der Waals surface area contributed by atoms with E-state index in [0.717, 1.165) is 6.42 Å². The molecule has 0 saturated carbocycles. The van der Waals surface area contributed by atoms with Crippen LogP contribution in [0.1, 0.15) is 40.5 Å². The van der Waals surface area contributed by atoms with Crippen LogP contribution in [0.2, 0.25) is 0 Å². The molecule has 3 nitrogen and oxygen atoms in total. The molecule has 0 saturated heterocycles. The number of ether oxygens (including phenoxy) is 1. The molecule has 1 N–H and O–H groups in total. The molecule has 0 rings (SSSR count). The van der Waals surface area contributed by atoms with E-state index in [0.29, 0.717) is 12.3 Å². The summed E-state index contributed by atoms with van der Waals surface area (Å²) in [6.07, 6.45) is 1.21. The first-order valence-corrected chi connectivity index (χ1v) is 5.28. The zero-order valence-electron chi connectivity index (χ0n) is 9.62. The fraction of sp³-hybridized carbons (Fsp3) is 0.909. The second-order valence-corrected chi connectivity index (χ2v) is 4.32. The lowest BCUT2D eigenvalue weighted by Crippen LogP contribution is -2.23. The molecule has 14 heavy (non-hydrogen) atoms. The molecular weight excluding hydrogens is 180 g/mol. The first-order chi connectivity index (χ1) is 6.47. The zero-order chi connectivity index (χ0) is 11.1. The molecule has 0 aliphatic carbocycles. The van der Waals surface area contributed by atoms with Gasteiger partial charge in [0.05, 0.1) is 12.0 Å². The molecule has 1 unspecified atom stereocenters. The molecule has 0 heterocycles. The maximum absolute atomic E-state index is 11.5. The van der Waals surface area contributed by atoms with Gasteiger partial charge in [0, 0.05) is 6.61 Å². The van der Waals surface area contributed by atoms with Crippen molar-refractivity contribution >= 4 is 5.97 Å². The van der Waals surface area contributed by atoms with Gasteiger partial charge in [-0.05, 0) is 32.6 Å². The largest absolute Gasteiger partial charge is 0.463 e. The van der Waals surface area contributed by atoms with E-state index in [4.69, 9.17) is 9.84 Å². The molecule has 0 aliphatic rings. The van der Waals surface area contributed by atoms with E-state index in [-0.39, 0.29) is 24.6 Å². The molecular formula is C11H22O3. The molecule has 0 fully saturated rings. The summed E-state index contributed by atoms with van der Waals surface area (Å²) in [7, 11) is 0. The highest BCUT2D eigenvalue weighted by molar-refractivity contribution is 5.72. The van der Waals surface area contributed by atoms with Crippen LogP contribution in [0.25, 0.3) is 0 Å². The highest BCUT2D eigenvalue weighted by Gasteiger charge is 2.21. The predicted molar refractivity (Wildman–Crippen MR) is 55.9 cm³/mol. The summed E-state index contributed by atoms with van der Waals surface area (Å²) in [5.74, 6) is 0.122. The molecule has 0 bridgehead atoms. The van der Waals surface area contributed by atoms with Crippen LogP contribution in [0.15, 0.2) is 0 Å². The summed E-state index contributed by atoms with van der Waals surface area (Å²) in [5.41, 5.74) is 0. The highest BCUT2D eigenvalue weighted by atomic mass is 16.5. The van der Waals surface area contributed by atoms with Crippen LogP contribution in [0, 0.1) is 11.8 Å². The number of esters is 1. The van der Waals surface area contributed by atoms with Crippen molar-refractivity contribution < 1.29 is 14.6 Å². The first kappa shape index (κ1) is 13.4. The normalized spacial score (nSPS) is 13.4. The summed E-state index contributed by atoms with van der Waals surface area (Å²) in [6.45, 7) is 7.84. The number of rotatable bonds is 6. The Bertz CT molecular complexity index is 164. The van der Waals surface area contributed by atoms with E-state index in [1.807, 2.05) is 13.8 Å². The van der Waals surface area contributed by atoms with Gasteiger partial charge in [-0.1, -0.05) is 13.8 Å². The molecule has 0 aromatic rings. The van der Waals surface area contributed by atoms with Gasteiger partial charge < -0.3 is 9.84 Å². The van der Waals surface area contributed by atoms with Crippen LogP contribution in [-0.2, 0) is 9.53 Å². The first-order valence-electron chi connectivity index (χ1n) is 5.28. The van der Waals surface area contributed by atoms with Crippen molar-refractivity contribution in [3.05, 3.63) is 0 Å². The van der Waals surface area contributed by atoms with Crippen molar-refractivity contribution in [2.75, 3.05) is 6.61 Å². The number of carbonyl (C=O) groups is 1. The van der Waals surface area contributed by atoms with E-state index in [9.17, 15) is 4.79 Å². The quantitative estimate of drug-likeness (QED) is 0.670. The Kier molecular flexibility index (Phi) is 6.54. The molecule has 0 aromatic heterocycles. The minimum absolute atomic E-state index is 0.0462. The third kappa shape index (κ3) is 5.97. The van der Waals surface area contributed by atoms with Gasteiger partial charge in [-0.2, -0.15) is 0 Å². The van der Waals surface area contributed by atoms with Gasteiger partial charge in [0.25, 0.3) is 0 Å². The van der Waals surface area contributed by atoms with Crippen LogP contribution < -0.4 is 0 Å². The zero-order valence-corrected chi connectivity index (χ0v) is 9.62. The monoisotopic (exact) mass is 202 g/mol. The van der Waals surface area contributed by atoms with Gasteiger partial charge in [-0.3, -0.25) is 4.79 Å². The predicted octanol–water partition coefficient (Wildman–Crippen LogP) is 1.98. The van der Waals surface area contributed by atoms with Gasteiger partial charge in [-0.15, -0.1) is 0 Å². The number of aliphatic hydroxyl groups excluding tert-OH is 1. The van der Waals surface area contributed by atoms with Gasteiger partial charge >= 0.3 is 5.97 Å². The summed E-state index contributed by atoms with van der Waals surface area (Å²) < 4.78 is 5.12. The minimum atomic E-state index is -0.178. The van der Waals surface area contributed by atoms with E-state index in [1.54, 1.807) is 0 Å². The maximum atomic E-state index is 11.5. The number of carbonyl (C=O) groups excluding carboxylic acids is 1. The molecule has 0 aromatic carbocycles. The third-order valence-corrected chi connectivity index (χ3v) is 1.92. The Labute approximate surface area is 86.5 Å². The average molecular weight is 202 g/mol. The Hall–Kier alpha value is -0.570. The summed E-state index contributed by atoms with van der Waals surface area (Å²) in [5, 5.41) is 8.82. The molecule has 0 radical (unpaired) electrons. The van der Waals surface area contributed by atoms with Crippen LogP contribution in [0.4, 0.5) is 0 Å². The number of aliphatic hydroxyl groups is 1. The van der Waals surface area contributed by atoms with Crippen molar-refractivity contribution in [3.8, 4) is 0 Å². The molecule has 84 valence electrons. The average Bonchev–Trinajstić information content (AvgIpc) is 2.01. The molecule has 0 spiro atoms. The lowest BCUT2D eigenvalue weighted by molar-refractivity contribution is -0.153. The number of hydrogen-bond acceptors (Lipinski definition) is 3. The van der Waals surface area contributed by atoms with Crippen LogP contribution >= 0.6 is 0 Å². The van der Waals surface area contributed by atoms with Gasteiger partial charge in [-0.25, -0.2) is 0 Å². The van der Waals surface area contributed by atoms with Crippen LogP contribution in [0.3, 0.4) is 0 Å². The third-order valence-electron chi connectivity index (χ3n) is 1.92. The standard InChI is InChI=1S/C11H22O3/c1-8(2)7-10(5-6-12)11(13)14-9(3)4/h8-10,12H,5-7H2,1-4H3. The molecule has 1 atom stereocenters.